The van der Waals surface area contributed by atoms with Gasteiger partial charge in [-0.3, -0.25) is 4.79 Å². The van der Waals surface area contributed by atoms with Gasteiger partial charge < -0.3 is 9.84 Å². The van der Waals surface area contributed by atoms with E-state index in [1.807, 2.05) is 0 Å². The summed E-state index contributed by atoms with van der Waals surface area (Å²) in [4.78, 5) is 10.8. The lowest BCUT2D eigenvalue weighted by Gasteiger charge is -2.21. The zero-order valence-electron chi connectivity index (χ0n) is 11.1. The fourth-order valence-electron chi connectivity index (χ4n) is 2.35. The summed E-state index contributed by atoms with van der Waals surface area (Å²) in [7, 11) is 1.43. The SMILES string of the molecule is COc1ccc(C(CC(=O)O)C(F)(F)F)c2ccccc12. The molecule has 1 atom stereocenters. The third-order valence-corrected chi connectivity index (χ3v) is 3.29. The number of fused-ring (bicyclic) bond motifs is 1. The Hall–Kier alpha value is -2.24. The first-order chi connectivity index (χ1) is 9.84. The van der Waals surface area contributed by atoms with Gasteiger partial charge in [0.25, 0.3) is 0 Å². The van der Waals surface area contributed by atoms with Crippen molar-refractivity contribution in [2.75, 3.05) is 7.11 Å². The Bertz CT molecular complexity index is 665. The molecule has 2 rings (SSSR count). The Morgan fingerprint density at radius 1 is 1.19 bits per heavy atom. The molecule has 3 nitrogen and oxygen atoms in total. The van der Waals surface area contributed by atoms with Gasteiger partial charge in [0, 0.05) is 5.39 Å². The van der Waals surface area contributed by atoms with Gasteiger partial charge in [0.2, 0.25) is 0 Å². The number of methoxy groups -OCH3 is 1. The number of carboxylic acids is 1. The van der Waals surface area contributed by atoms with Gasteiger partial charge in [-0.15, -0.1) is 0 Å². The second-order valence-electron chi connectivity index (χ2n) is 4.59. The predicted octanol–water partition coefficient (Wildman–Crippen LogP) is 3.97. The first kappa shape index (κ1) is 15.2. The first-order valence-electron chi connectivity index (χ1n) is 6.18. The van der Waals surface area contributed by atoms with Gasteiger partial charge in [-0.2, -0.15) is 13.2 Å². The van der Waals surface area contributed by atoms with Crippen LogP contribution < -0.4 is 4.74 Å². The van der Waals surface area contributed by atoms with E-state index in [1.165, 1.54) is 25.3 Å². The van der Waals surface area contributed by atoms with Gasteiger partial charge >= 0.3 is 12.1 Å². The fourth-order valence-corrected chi connectivity index (χ4v) is 2.35. The van der Waals surface area contributed by atoms with E-state index in [1.54, 1.807) is 18.2 Å². The summed E-state index contributed by atoms with van der Waals surface area (Å²) in [6, 6.07) is 9.19. The van der Waals surface area contributed by atoms with E-state index in [2.05, 4.69) is 0 Å². The highest BCUT2D eigenvalue weighted by molar-refractivity contribution is 5.92. The van der Waals surface area contributed by atoms with E-state index < -0.39 is 24.5 Å². The number of halogens is 3. The molecule has 2 aromatic rings. The molecule has 0 heterocycles. The van der Waals surface area contributed by atoms with Crippen LogP contribution in [0.5, 0.6) is 5.75 Å². The molecule has 0 fully saturated rings. The van der Waals surface area contributed by atoms with Crippen LogP contribution in [0.25, 0.3) is 10.8 Å². The number of hydrogen-bond donors (Lipinski definition) is 1. The molecule has 0 saturated heterocycles. The average molecular weight is 298 g/mol. The Balaban J connectivity index is 2.66. The van der Waals surface area contributed by atoms with E-state index >= 15 is 0 Å². The van der Waals surface area contributed by atoms with E-state index in [0.717, 1.165) is 0 Å². The number of alkyl halides is 3. The maximum absolute atomic E-state index is 13.2. The van der Waals surface area contributed by atoms with Crippen LogP contribution in [0.2, 0.25) is 0 Å². The molecule has 0 amide bonds. The summed E-state index contributed by atoms with van der Waals surface area (Å²) in [6.07, 6.45) is -5.63. The van der Waals surface area contributed by atoms with Gasteiger partial charge in [0.1, 0.15) is 5.75 Å². The summed E-state index contributed by atoms with van der Waals surface area (Å²) in [5, 5.41) is 9.63. The van der Waals surface area contributed by atoms with E-state index in [0.29, 0.717) is 16.5 Å². The molecule has 0 aromatic heterocycles. The van der Waals surface area contributed by atoms with Crippen LogP contribution in [0.4, 0.5) is 13.2 Å². The van der Waals surface area contributed by atoms with Crippen LogP contribution in [-0.2, 0) is 4.79 Å². The molecule has 0 spiro atoms. The average Bonchev–Trinajstić information content (AvgIpc) is 2.42. The zero-order valence-corrected chi connectivity index (χ0v) is 11.1. The second-order valence-corrected chi connectivity index (χ2v) is 4.59. The lowest BCUT2D eigenvalue weighted by atomic mass is 9.90. The highest BCUT2D eigenvalue weighted by Crippen LogP contribution is 2.42. The lowest BCUT2D eigenvalue weighted by molar-refractivity contribution is -0.163. The van der Waals surface area contributed by atoms with E-state index in [9.17, 15) is 18.0 Å². The minimum atomic E-state index is -4.63. The van der Waals surface area contributed by atoms with Crippen molar-refractivity contribution in [1.29, 1.82) is 0 Å². The van der Waals surface area contributed by atoms with Crippen molar-refractivity contribution in [3.63, 3.8) is 0 Å². The van der Waals surface area contributed by atoms with Gasteiger partial charge in [0.15, 0.2) is 0 Å². The fraction of sp³-hybridized carbons (Fsp3) is 0.267. The van der Waals surface area contributed by atoms with E-state index in [4.69, 9.17) is 9.84 Å². The number of ether oxygens (including phenoxy) is 1. The van der Waals surface area contributed by atoms with Crippen LogP contribution >= 0.6 is 0 Å². The normalized spacial score (nSPS) is 13.1. The largest absolute Gasteiger partial charge is 0.496 e. The predicted molar refractivity (Wildman–Crippen MR) is 71.5 cm³/mol. The molecule has 2 aromatic carbocycles. The molecular formula is C15H13F3O3. The number of aliphatic carboxylic acids is 1. The number of carbonyl (C=O) groups is 1. The van der Waals surface area contributed by atoms with Crippen LogP contribution in [0.3, 0.4) is 0 Å². The third-order valence-electron chi connectivity index (χ3n) is 3.29. The maximum atomic E-state index is 13.2. The molecule has 0 aliphatic rings. The van der Waals surface area contributed by atoms with Crippen molar-refractivity contribution in [3.05, 3.63) is 42.0 Å². The molecule has 0 aliphatic carbocycles. The Labute approximate surface area is 119 Å². The van der Waals surface area contributed by atoms with Crippen molar-refractivity contribution >= 4 is 16.7 Å². The van der Waals surface area contributed by atoms with Crippen LogP contribution in [0, 0.1) is 0 Å². The van der Waals surface area contributed by atoms with Gasteiger partial charge in [-0.05, 0) is 17.0 Å². The van der Waals surface area contributed by atoms with Gasteiger partial charge in [-0.1, -0.05) is 30.3 Å². The number of benzene rings is 2. The molecule has 0 aliphatic heterocycles. The minimum absolute atomic E-state index is 0.0544. The quantitative estimate of drug-likeness (QED) is 0.929. The first-order valence-corrected chi connectivity index (χ1v) is 6.18. The number of hydrogen-bond acceptors (Lipinski definition) is 2. The summed E-state index contributed by atoms with van der Waals surface area (Å²) < 4.78 is 44.7. The molecule has 112 valence electrons. The van der Waals surface area contributed by atoms with Crippen LogP contribution in [0.1, 0.15) is 17.9 Å². The number of rotatable bonds is 4. The molecular weight excluding hydrogens is 285 g/mol. The molecule has 0 radical (unpaired) electrons. The van der Waals surface area contributed by atoms with Crippen molar-refractivity contribution < 1.29 is 27.8 Å². The Morgan fingerprint density at radius 2 is 1.81 bits per heavy atom. The topological polar surface area (TPSA) is 46.5 Å². The Kier molecular flexibility index (Phi) is 4.06. The summed E-state index contributed by atoms with van der Waals surface area (Å²) >= 11 is 0. The third kappa shape index (κ3) is 3.09. The summed E-state index contributed by atoms with van der Waals surface area (Å²) in [5.74, 6) is -3.09. The maximum Gasteiger partial charge on any atom is 0.396 e. The van der Waals surface area contributed by atoms with Gasteiger partial charge in [0.05, 0.1) is 19.4 Å². The smallest absolute Gasteiger partial charge is 0.396 e. The number of carboxylic acid groups (broad SMARTS) is 1. The van der Waals surface area contributed by atoms with Crippen molar-refractivity contribution in [2.24, 2.45) is 0 Å². The summed E-state index contributed by atoms with van der Waals surface area (Å²) in [6.45, 7) is 0. The molecule has 1 unspecified atom stereocenters. The highest BCUT2D eigenvalue weighted by atomic mass is 19.4. The molecule has 0 bridgehead atoms. The second kappa shape index (κ2) is 5.63. The van der Waals surface area contributed by atoms with Crippen molar-refractivity contribution in [1.82, 2.24) is 0 Å². The molecule has 1 N–H and O–H groups in total. The van der Waals surface area contributed by atoms with Crippen LogP contribution in [-0.4, -0.2) is 24.4 Å². The van der Waals surface area contributed by atoms with Crippen molar-refractivity contribution in [3.8, 4) is 5.75 Å². The highest BCUT2D eigenvalue weighted by Gasteiger charge is 2.42. The zero-order chi connectivity index (χ0) is 15.6. The summed E-state index contributed by atoms with van der Waals surface area (Å²) in [5.41, 5.74) is -0.0544. The lowest BCUT2D eigenvalue weighted by Crippen LogP contribution is -2.23. The Morgan fingerprint density at radius 3 is 2.33 bits per heavy atom. The van der Waals surface area contributed by atoms with Gasteiger partial charge in [-0.25, -0.2) is 0 Å². The molecule has 6 heteroatoms. The standard InChI is InChI=1S/C15H13F3O3/c1-21-13-7-6-10(9-4-2-3-5-11(9)13)12(8-14(19)20)15(16,17)18/h2-7,12H,8H2,1H3,(H,19,20). The van der Waals surface area contributed by atoms with Crippen LogP contribution in [0.15, 0.2) is 36.4 Å². The van der Waals surface area contributed by atoms with E-state index in [-0.39, 0.29) is 5.56 Å². The van der Waals surface area contributed by atoms with Crippen molar-refractivity contribution in [2.45, 2.75) is 18.5 Å². The molecule has 0 saturated carbocycles. The minimum Gasteiger partial charge on any atom is -0.496 e. The molecule has 21 heavy (non-hydrogen) atoms. The monoisotopic (exact) mass is 298 g/mol.